The van der Waals surface area contributed by atoms with E-state index in [1.54, 1.807) is 4.90 Å². The van der Waals surface area contributed by atoms with Crippen LogP contribution in [0.5, 0.6) is 0 Å². The Hall–Kier alpha value is -2.04. The van der Waals surface area contributed by atoms with E-state index in [1.807, 2.05) is 30.3 Å². The fourth-order valence-electron chi connectivity index (χ4n) is 3.09. The van der Waals surface area contributed by atoms with Gasteiger partial charge < -0.3 is 15.0 Å². The van der Waals surface area contributed by atoms with Crippen molar-refractivity contribution in [1.29, 1.82) is 0 Å². The summed E-state index contributed by atoms with van der Waals surface area (Å²) in [5.41, 5.74) is 0.991. The lowest BCUT2D eigenvalue weighted by Crippen LogP contribution is -2.55. The van der Waals surface area contributed by atoms with Gasteiger partial charge in [0.05, 0.1) is 0 Å². The second-order valence-corrected chi connectivity index (χ2v) is 5.75. The molecular weight excluding hydrogens is 268 g/mol. The van der Waals surface area contributed by atoms with Gasteiger partial charge in [0.25, 0.3) is 0 Å². The third-order valence-electron chi connectivity index (χ3n) is 4.29. The first-order valence-corrected chi connectivity index (χ1v) is 7.47. The minimum atomic E-state index is -0.255. The Balaban J connectivity index is 1.51. The van der Waals surface area contributed by atoms with Crippen molar-refractivity contribution in [1.82, 2.24) is 10.2 Å². The smallest absolute Gasteiger partial charge is 0.410 e. The number of hydrogen-bond donors (Lipinski definition) is 1. The molecule has 1 N–H and O–H groups in total. The summed E-state index contributed by atoms with van der Waals surface area (Å²) in [7, 11) is 0. The Bertz CT molecular complexity index is 518. The molecule has 0 aromatic heterocycles. The maximum Gasteiger partial charge on any atom is 0.410 e. The summed E-state index contributed by atoms with van der Waals surface area (Å²) in [4.78, 5) is 25.3. The van der Waals surface area contributed by atoms with Crippen LogP contribution in [-0.2, 0) is 16.1 Å². The van der Waals surface area contributed by atoms with Crippen LogP contribution < -0.4 is 5.32 Å². The van der Waals surface area contributed by atoms with Crippen molar-refractivity contribution in [3.63, 3.8) is 0 Å². The monoisotopic (exact) mass is 288 g/mol. The SMILES string of the molecule is O=C1CCC2CN(C(=O)OCc3ccccc3)CCC2N1. The molecule has 2 aliphatic heterocycles. The van der Waals surface area contributed by atoms with Crippen molar-refractivity contribution >= 4 is 12.0 Å². The molecule has 0 radical (unpaired) electrons. The summed E-state index contributed by atoms with van der Waals surface area (Å²) < 4.78 is 5.37. The standard InChI is InChI=1S/C16H20N2O3/c19-15-7-6-13-10-18(9-8-14(13)17-15)16(20)21-11-12-4-2-1-3-5-12/h1-5,13-14H,6-11H2,(H,17,19). The predicted molar refractivity (Wildman–Crippen MR) is 77.5 cm³/mol. The van der Waals surface area contributed by atoms with Gasteiger partial charge in [-0.15, -0.1) is 0 Å². The summed E-state index contributed by atoms with van der Waals surface area (Å²) in [6, 6.07) is 9.91. The van der Waals surface area contributed by atoms with Crippen LogP contribution in [0.25, 0.3) is 0 Å². The van der Waals surface area contributed by atoms with Gasteiger partial charge in [-0.25, -0.2) is 4.79 Å². The van der Waals surface area contributed by atoms with Crippen molar-refractivity contribution in [3.8, 4) is 0 Å². The Kier molecular flexibility index (Phi) is 4.08. The highest BCUT2D eigenvalue weighted by atomic mass is 16.6. The lowest BCUT2D eigenvalue weighted by atomic mass is 9.85. The summed E-state index contributed by atoms with van der Waals surface area (Å²) in [5.74, 6) is 0.497. The number of benzene rings is 1. The van der Waals surface area contributed by atoms with Crippen molar-refractivity contribution in [2.75, 3.05) is 13.1 Å². The molecule has 2 aliphatic rings. The number of piperidine rings is 2. The minimum Gasteiger partial charge on any atom is -0.445 e. The summed E-state index contributed by atoms with van der Waals surface area (Å²) in [6.45, 7) is 1.63. The van der Waals surface area contributed by atoms with E-state index in [9.17, 15) is 9.59 Å². The molecule has 2 amide bonds. The molecule has 0 aliphatic carbocycles. The lowest BCUT2D eigenvalue weighted by molar-refractivity contribution is -0.125. The number of carbonyl (C=O) groups excluding carboxylic acids is 2. The minimum absolute atomic E-state index is 0.136. The van der Waals surface area contributed by atoms with Gasteiger partial charge in [0.15, 0.2) is 0 Å². The third-order valence-corrected chi connectivity index (χ3v) is 4.29. The molecular formula is C16H20N2O3. The number of rotatable bonds is 2. The molecule has 3 rings (SSSR count). The Morgan fingerprint density at radius 1 is 1.29 bits per heavy atom. The maximum atomic E-state index is 12.1. The van der Waals surface area contributed by atoms with Gasteiger partial charge in [-0.1, -0.05) is 30.3 Å². The number of carbonyl (C=O) groups is 2. The zero-order valence-electron chi connectivity index (χ0n) is 12.0. The number of amides is 2. The van der Waals surface area contributed by atoms with Crippen LogP contribution >= 0.6 is 0 Å². The maximum absolute atomic E-state index is 12.1. The molecule has 1 aromatic rings. The second kappa shape index (κ2) is 6.16. The number of likely N-dealkylation sites (tertiary alicyclic amines) is 1. The molecule has 0 spiro atoms. The lowest BCUT2D eigenvalue weighted by Gasteiger charge is -2.40. The number of nitrogens with zero attached hydrogens (tertiary/aromatic N) is 1. The highest BCUT2D eigenvalue weighted by molar-refractivity contribution is 5.77. The van der Waals surface area contributed by atoms with E-state index in [-0.39, 0.29) is 18.0 Å². The molecule has 21 heavy (non-hydrogen) atoms. The molecule has 1 aromatic carbocycles. The van der Waals surface area contributed by atoms with Crippen molar-refractivity contribution in [2.24, 2.45) is 5.92 Å². The highest BCUT2D eigenvalue weighted by Gasteiger charge is 2.35. The van der Waals surface area contributed by atoms with Crippen LogP contribution in [0.4, 0.5) is 4.79 Å². The number of fused-ring (bicyclic) bond motifs is 1. The van der Waals surface area contributed by atoms with E-state index in [1.165, 1.54) is 0 Å². The first-order valence-electron chi connectivity index (χ1n) is 7.47. The van der Waals surface area contributed by atoms with Crippen LogP contribution in [0.2, 0.25) is 0 Å². The van der Waals surface area contributed by atoms with Gasteiger partial charge in [0.2, 0.25) is 5.91 Å². The van der Waals surface area contributed by atoms with E-state index >= 15 is 0 Å². The van der Waals surface area contributed by atoms with E-state index in [4.69, 9.17) is 4.74 Å². The fraction of sp³-hybridized carbons (Fsp3) is 0.500. The van der Waals surface area contributed by atoms with Crippen LogP contribution in [-0.4, -0.2) is 36.0 Å². The van der Waals surface area contributed by atoms with Crippen LogP contribution in [0, 0.1) is 5.92 Å². The Morgan fingerprint density at radius 2 is 2.10 bits per heavy atom. The summed E-state index contributed by atoms with van der Waals surface area (Å²) in [6.07, 6.45) is 1.98. The molecule has 2 fully saturated rings. The van der Waals surface area contributed by atoms with Gasteiger partial charge in [-0.05, 0) is 24.3 Å². The number of hydrogen-bond acceptors (Lipinski definition) is 3. The quantitative estimate of drug-likeness (QED) is 0.904. The first kappa shape index (κ1) is 13.9. The Morgan fingerprint density at radius 3 is 2.90 bits per heavy atom. The van der Waals surface area contributed by atoms with E-state index in [0.29, 0.717) is 32.0 Å². The average Bonchev–Trinajstić information content (AvgIpc) is 2.53. The van der Waals surface area contributed by atoms with Crippen molar-refractivity contribution in [3.05, 3.63) is 35.9 Å². The van der Waals surface area contributed by atoms with Crippen molar-refractivity contribution < 1.29 is 14.3 Å². The van der Waals surface area contributed by atoms with Crippen LogP contribution in [0.15, 0.2) is 30.3 Å². The topological polar surface area (TPSA) is 58.6 Å². The van der Waals surface area contributed by atoms with Crippen LogP contribution in [0.1, 0.15) is 24.8 Å². The molecule has 2 unspecified atom stereocenters. The molecule has 2 atom stereocenters. The summed E-state index contributed by atoms with van der Waals surface area (Å²) in [5, 5.41) is 3.02. The van der Waals surface area contributed by atoms with Gasteiger partial charge >= 0.3 is 6.09 Å². The zero-order valence-corrected chi connectivity index (χ0v) is 12.0. The zero-order chi connectivity index (χ0) is 14.7. The van der Waals surface area contributed by atoms with E-state index < -0.39 is 0 Å². The highest BCUT2D eigenvalue weighted by Crippen LogP contribution is 2.25. The number of ether oxygens (including phenoxy) is 1. The average molecular weight is 288 g/mol. The molecule has 2 heterocycles. The van der Waals surface area contributed by atoms with E-state index in [0.717, 1.165) is 18.4 Å². The molecule has 112 valence electrons. The second-order valence-electron chi connectivity index (χ2n) is 5.75. The summed E-state index contributed by atoms with van der Waals surface area (Å²) >= 11 is 0. The molecule has 5 nitrogen and oxygen atoms in total. The predicted octanol–water partition coefficient (Wildman–Crippen LogP) is 1.92. The largest absolute Gasteiger partial charge is 0.445 e. The Labute approximate surface area is 124 Å². The van der Waals surface area contributed by atoms with Crippen molar-refractivity contribution in [2.45, 2.75) is 31.9 Å². The van der Waals surface area contributed by atoms with Gasteiger partial charge in [-0.3, -0.25) is 4.79 Å². The molecule has 5 heteroatoms. The van der Waals surface area contributed by atoms with Crippen LogP contribution in [0.3, 0.4) is 0 Å². The normalized spacial score (nSPS) is 25.0. The number of nitrogens with one attached hydrogen (secondary N) is 1. The third kappa shape index (κ3) is 3.35. The van der Waals surface area contributed by atoms with Gasteiger partial charge in [0, 0.05) is 25.6 Å². The molecule has 0 bridgehead atoms. The molecule has 0 saturated carbocycles. The van der Waals surface area contributed by atoms with Gasteiger partial charge in [0.1, 0.15) is 6.61 Å². The van der Waals surface area contributed by atoms with E-state index in [2.05, 4.69) is 5.32 Å². The fourth-order valence-corrected chi connectivity index (χ4v) is 3.09. The first-order chi connectivity index (χ1) is 10.2. The van der Waals surface area contributed by atoms with Gasteiger partial charge in [-0.2, -0.15) is 0 Å². The molecule has 2 saturated heterocycles.